The molecule has 0 radical (unpaired) electrons. The Morgan fingerprint density at radius 2 is 1.71 bits per heavy atom. The number of carboxylic acid groups (broad SMARTS) is 1. The Hall–Kier alpha value is -2.97. The summed E-state index contributed by atoms with van der Waals surface area (Å²) in [5, 5.41) is 18.3. The Morgan fingerprint density at radius 1 is 1.17 bits per heavy atom. The first kappa shape index (κ1) is 28.3. The second-order valence-corrected chi connectivity index (χ2v) is 9.82. The van der Waals surface area contributed by atoms with Gasteiger partial charge in [0, 0.05) is 23.7 Å². The van der Waals surface area contributed by atoms with E-state index in [0.29, 0.717) is 47.6 Å². The smallest absolute Gasteiger partial charge is 0.410 e. The maximum atomic E-state index is 15.0. The Kier molecular flexibility index (Phi) is 9.80. The number of piperidine rings is 1. The number of likely N-dealkylation sites (tertiary alicyclic amines) is 1. The number of carbonyl (C=O) groups is 3. The zero-order chi connectivity index (χ0) is 26.3. The van der Waals surface area contributed by atoms with Crippen LogP contribution in [0.3, 0.4) is 0 Å². The quantitative estimate of drug-likeness (QED) is 0.424. The number of carbonyl (C=O) groups excluding carboxylic acids is 2. The molecule has 1 fully saturated rings. The summed E-state index contributed by atoms with van der Waals surface area (Å²) < 4.78 is 20.4. The Labute approximate surface area is 209 Å². The molecule has 1 aliphatic heterocycles. The van der Waals surface area contributed by atoms with E-state index in [2.05, 4.69) is 0 Å². The molecule has 0 spiro atoms. The average molecular weight is 508 g/mol. The highest BCUT2D eigenvalue weighted by Gasteiger charge is 2.31. The van der Waals surface area contributed by atoms with Gasteiger partial charge in [-0.25, -0.2) is 9.18 Å². The van der Waals surface area contributed by atoms with Crippen molar-refractivity contribution in [3.8, 4) is 0 Å². The number of ether oxygens (including phenoxy) is 1. The Bertz CT molecular complexity index is 1020. The topological polar surface area (TPSA) is 104 Å². The first-order chi connectivity index (χ1) is 16.4. The van der Waals surface area contributed by atoms with E-state index in [-0.39, 0.29) is 24.0 Å². The number of hydrogen-bond acceptors (Lipinski definition) is 5. The van der Waals surface area contributed by atoms with Gasteiger partial charge in [0.05, 0.1) is 11.7 Å². The van der Waals surface area contributed by atoms with Crippen LogP contribution >= 0.6 is 11.6 Å². The highest BCUT2D eigenvalue weighted by molar-refractivity contribution is 6.30. The molecule has 0 aliphatic carbocycles. The molecule has 0 aromatic heterocycles. The van der Waals surface area contributed by atoms with E-state index in [9.17, 15) is 19.1 Å². The van der Waals surface area contributed by atoms with Gasteiger partial charge in [-0.15, -0.1) is 0 Å². The SMILES string of the molecule is Cc1cc(C(O)C2CCN(C(=O)OC(C)(C)C)CC2)cc(F)c1C(=O)c1ccc(Cl)cc1.O=CO. The van der Waals surface area contributed by atoms with Crippen LogP contribution in [0, 0.1) is 18.7 Å². The van der Waals surface area contributed by atoms with E-state index in [1.54, 1.807) is 42.2 Å². The van der Waals surface area contributed by atoms with Crippen molar-refractivity contribution >= 4 is 29.9 Å². The molecule has 1 heterocycles. The van der Waals surface area contributed by atoms with E-state index >= 15 is 0 Å². The average Bonchev–Trinajstić information content (AvgIpc) is 2.78. The van der Waals surface area contributed by atoms with Crippen molar-refractivity contribution < 1.29 is 33.7 Å². The molecule has 1 aliphatic rings. The summed E-state index contributed by atoms with van der Waals surface area (Å²) in [6.45, 7) is 7.79. The molecule has 9 heteroatoms. The van der Waals surface area contributed by atoms with Gasteiger partial charge in [-0.05, 0) is 87.9 Å². The second-order valence-electron chi connectivity index (χ2n) is 9.39. The summed E-state index contributed by atoms with van der Waals surface area (Å²) in [4.78, 5) is 35.0. The van der Waals surface area contributed by atoms with Crippen molar-refractivity contribution in [1.29, 1.82) is 0 Å². The second kappa shape index (κ2) is 12.1. The zero-order valence-corrected chi connectivity index (χ0v) is 21.0. The van der Waals surface area contributed by atoms with Gasteiger partial charge < -0.3 is 19.8 Å². The Balaban J connectivity index is 0.00000137. The first-order valence-electron chi connectivity index (χ1n) is 11.2. The van der Waals surface area contributed by atoms with Crippen LogP contribution in [-0.4, -0.2) is 52.2 Å². The lowest BCUT2D eigenvalue weighted by Gasteiger charge is -2.35. The molecule has 3 rings (SSSR count). The lowest BCUT2D eigenvalue weighted by Crippen LogP contribution is -2.42. The maximum absolute atomic E-state index is 15.0. The predicted octanol–water partition coefficient (Wildman–Crippen LogP) is 5.40. The largest absolute Gasteiger partial charge is 0.483 e. The summed E-state index contributed by atoms with van der Waals surface area (Å²) in [6.07, 6.45) is -0.0972. The molecule has 2 aromatic carbocycles. The van der Waals surface area contributed by atoms with E-state index in [4.69, 9.17) is 26.2 Å². The van der Waals surface area contributed by atoms with Crippen LogP contribution in [0.25, 0.3) is 0 Å². The number of aliphatic hydroxyl groups excluding tert-OH is 1. The molecule has 35 heavy (non-hydrogen) atoms. The van der Waals surface area contributed by atoms with Gasteiger partial charge in [0.25, 0.3) is 6.47 Å². The number of aliphatic hydroxyl groups is 1. The molecule has 0 saturated carbocycles. The van der Waals surface area contributed by atoms with Crippen LogP contribution in [0.2, 0.25) is 5.02 Å². The number of benzene rings is 2. The number of aryl methyl sites for hydroxylation is 1. The summed E-state index contributed by atoms with van der Waals surface area (Å²) in [5.74, 6) is -1.21. The molecular formula is C26H31ClFNO6. The number of nitrogens with zero attached hydrogens (tertiary/aromatic N) is 1. The van der Waals surface area contributed by atoms with Gasteiger partial charge in [-0.3, -0.25) is 9.59 Å². The number of ketones is 1. The van der Waals surface area contributed by atoms with Crippen molar-refractivity contribution in [2.45, 2.75) is 52.2 Å². The summed E-state index contributed by atoms with van der Waals surface area (Å²) >= 11 is 5.87. The van der Waals surface area contributed by atoms with Crippen LogP contribution in [0.15, 0.2) is 36.4 Å². The third kappa shape index (κ3) is 7.77. The number of rotatable bonds is 4. The monoisotopic (exact) mass is 507 g/mol. The molecule has 1 unspecified atom stereocenters. The van der Waals surface area contributed by atoms with Gasteiger partial charge in [0.1, 0.15) is 11.4 Å². The summed E-state index contributed by atoms with van der Waals surface area (Å²) in [6, 6.07) is 9.20. The van der Waals surface area contributed by atoms with Crippen molar-refractivity contribution in [1.82, 2.24) is 4.90 Å². The lowest BCUT2D eigenvalue weighted by atomic mass is 9.86. The maximum Gasteiger partial charge on any atom is 0.410 e. The highest BCUT2D eigenvalue weighted by Crippen LogP contribution is 2.33. The minimum absolute atomic E-state index is 0.0111. The third-order valence-corrected chi connectivity index (χ3v) is 5.87. The van der Waals surface area contributed by atoms with Crippen molar-refractivity contribution in [3.05, 3.63) is 69.5 Å². The molecular weight excluding hydrogens is 477 g/mol. The van der Waals surface area contributed by atoms with Crippen LogP contribution in [-0.2, 0) is 9.53 Å². The molecule has 2 aromatic rings. The lowest BCUT2D eigenvalue weighted by molar-refractivity contribution is -0.122. The minimum atomic E-state index is -0.885. The number of halogens is 2. The van der Waals surface area contributed by atoms with Gasteiger partial charge in [-0.2, -0.15) is 0 Å². The molecule has 1 saturated heterocycles. The molecule has 2 N–H and O–H groups in total. The van der Waals surface area contributed by atoms with E-state index in [1.807, 2.05) is 20.8 Å². The van der Waals surface area contributed by atoms with Gasteiger partial charge >= 0.3 is 6.09 Å². The molecule has 0 bridgehead atoms. The van der Waals surface area contributed by atoms with Crippen LogP contribution in [0.5, 0.6) is 0 Å². The standard InChI is InChI=1S/C25H29ClFNO4.CH2O2/c1-15-13-18(14-20(27)21(15)23(30)16-5-7-19(26)8-6-16)22(29)17-9-11-28(12-10-17)24(31)32-25(2,3)4;2-1-3/h5-8,13-14,17,22,29H,9-12H2,1-4H3;1H,(H,2,3). The normalized spacial score (nSPS) is 15.0. The fourth-order valence-corrected chi connectivity index (χ4v) is 4.10. The number of amides is 1. The summed E-state index contributed by atoms with van der Waals surface area (Å²) in [7, 11) is 0. The van der Waals surface area contributed by atoms with E-state index in [1.165, 1.54) is 6.07 Å². The van der Waals surface area contributed by atoms with Crippen molar-refractivity contribution in [2.75, 3.05) is 13.1 Å². The number of hydrogen-bond donors (Lipinski definition) is 2. The fourth-order valence-electron chi connectivity index (χ4n) is 3.97. The minimum Gasteiger partial charge on any atom is -0.483 e. The van der Waals surface area contributed by atoms with Crippen LogP contribution in [0.4, 0.5) is 9.18 Å². The first-order valence-corrected chi connectivity index (χ1v) is 11.6. The van der Waals surface area contributed by atoms with E-state index < -0.39 is 23.3 Å². The van der Waals surface area contributed by atoms with E-state index in [0.717, 1.165) is 0 Å². The van der Waals surface area contributed by atoms with Crippen molar-refractivity contribution in [3.63, 3.8) is 0 Å². The predicted molar refractivity (Wildman–Crippen MR) is 130 cm³/mol. The molecule has 1 amide bonds. The van der Waals surface area contributed by atoms with Gasteiger partial charge in [0.15, 0.2) is 5.78 Å². The Morgan fingerprint density at radius 3 is 2.20 bits per heavy atom. The van der Waals surface area contributed by atoms with Gasteiger partial charge in [0.2, 0.25) is 0 Å². The van der Waals surface area contributed by atoms with Crippen LogP contribution in [0.1, 0.15) is 66.8 Å². The van der Waals surface area contributed by atoms with Crippen molar-refractivity contribution in [2.24, 2.45) is 5.92 Å². The van der Waals surface area contributed by atoms with Crippen LogP contribution < -0.4 is 0 Å². The molecule has 190 valence electrons. The van der Waals surface area contributed by atoms with Gasteiger partial charge in [-0.1, -0.05) is 17.7 Å². The highest BCUT2D eigenvalue weighted by atomic mass is 35.5. The zero-order valence-electron chi connectivity index (χ0n) is 20.3. The molecule has 7 nitrogen and oxygen atoms in total. The third-order valence-electron chi connectivity index (χ3n) is 5.62. The fraction of sp³-hybridized carbons (Fsp3) is 0.423. The molecule has 1 atom stereocenters. The summed E-state index contributed by atoms with van der Waals surface area (Å²) in [5.41, 5.74) is 0.670.